The van der Waals surface area contributed by atoms with Crippen LogP contribution in [0.3, 0.4) is 0 Å². The van der Waals surface area contributed by atoms with Gasteiger partial charge in [-0.25, -0.2) is 4.99 Å². The fraction of sp³-hybridized carbons (Fsp3) is 0.143. The molecule has 0 spiro atoms. The van der Waals surface area contributed by atoms with Crippen molar-refractivity contribution in [3.05, 3.63) is 77.9 Å². The topological polar surface area (TPSA) is 88.5 Å². The number of nitrogens with zero attached hydrogens (tertiary/aromatic N) is 3. The van der Waals surface area contributed by atoms with E-state index >= 15 is 0 Å². The average molecular weight is 373 g/mol. The molecule has 0 fully saturated rings. The average Bonchev–Trinajstić information content (AvgIpc) is 3.17. The van der Waals surface area contributed by atoms with Crippen LogP contribution >= 0.6 is 0 Å². The summed E-state index contributed by atoms with van der Waals surface area (Å²) in [6.45, 7) is 0.456. The Bertz CT molecular complexity index is 1060. The Morgan fingerprint density at radius 1 is 1.11 bits per heavy atom. The van der Waals surface area contributed by atoms with Crippen LogP contribution in [-0.2, 0) is 9.53 Å². The fourth-order valence-corrected chi connectivity index (χ4v) is 3.12. The number of hydrogen-bond acceptors (Lipinski definition) is 6. The number of hydrogen-bond donors (Lipinski definition) is 2. The van der Waals surface area contributed by atoms with Gasteiger partial charge in [0.05, 0.1) is 37.0 Å². The highest BCUT2D eigenvalue weighted by Gasteiger charge is 2.20. The molecular formula is C21H19N5O2. The second-order valence-corrected chi connectivity index (χ2v) is 6.37. The van der Waals surface area contributed by atoms with Crippen molar-refractivity contribution in [3.63, 3.8) is 0 Å². The molecule has 7 heteroatoms. The number of amides is 1. The molecule has 28 heavy (non-hydrogen) atoms. The Kier molecular flexibility index (Phi) is 5.07. The number of methoxy groups -OCH3 is 1. The number of rotatable bonds is 6. The molecule has 3 aromatic rings. The van der Waals surface area contributed by atoms with Crippen LogP contribution in [0.15, 0.2) is 71.7 Å². The van der Waals surface area contributed by atoms with Crippen LogP contribution in [0, 0.1) is 0 Å². The van der Waals surface area contributed by atoms with Gasteiger partial charge in [0.2, 0.25) is 0 Å². The summed E-state index contributed by atoms with van der Waals surface area (Å²) in [4.78, 5) is 16.0. The first-order valence-corrected chi connectivity index (χ1v) is 8.85. The van der Waals surface area contributed by atoms with Crippen LogP contribution in [-0.4, -0.2) is 36.0 Å². The van der Waals surface area contributed by atoms with E-state index in [2.05, 4.69) is 25.8 Å². The number of aromatic nitrogens is 2. The number of aliphatic imine (C=N–C) groups is 1. The molecule has 1 aromatic heterocycles. The molecule has 2 N–H and O–H groups in total. The summed E-state index contributed by atoms with van der Waals surface area (Å²) in [6.07, 6.45) is 4.70. The van der Waals surface area contributed by atoms with Gasteiger partial charge in [-0.2, -0.15) is 10.2 Å². The Balaban J connectivity index is 1.77. The van der Waals surface area contributed by atoms with Crippen LogP contribution in [0.1, 0.15) is 17.2 Å². The molecule has 4 rings (SSSR count). The molecule has 7 nitrogen and oxygen atoms in total. The third-order valence-electron chi connectivity index (χ3n) is 4.48. The van der Waals surface area contributed by atoms with E-state index in [4.69, 9.17) is 4.74 Å². The van der Waals surface area contributed by atoms with E-state index in [1.807, 2.05) is 48.5 Å². The van der Waals surface area contributed by atoms with E-state index in [1.165, 1.54) is 6.21 Å². The van der Waals surface area contributed by atoms with Gasteiger partial charge in [0.25, 0.3) is 5.91 Å². The summed E-state index contributed by atoms with van der Waals surface area (Å²) in [5.74, 6) is 0.229. The van der Waals surface area contributed by atoms with E-state index < -0.39 is 0 Å². The maximum Gasteiger partial charge on any atom is 0.268 e. The van der Waals surface area contributed by atoms with Gasteiger partial charge in [-0.3, -0.25) is 4.79 Å². The van der Waals surface area contributed by atoms with E-state index in [1.54, 1.807) is 19.5 Å². The lowest BCUT2D eigenvalue weighted by molar-refractivity contribution is -0.113. The quantitative estimate of drug-likeness (QED) is 0.693. The second-order valence-electron chi connectivity index (χ2n) is 6.37. The number of nitrogens with one attached hydrogen (secondary N) is 2. The zero-order chi connectivity index (χ0) is 19.3. The summed E-state index contributed by atoms with van der Waals surface area (Å²) in [7, 11) is 1.66. The van der Waals surface area contributed by atoms with Crippen LogP contribution in [0.4, 0.5) is 0 Å². The van der Waals surface area contributed by atoms with Crippen molar-refractivity contribution < 1.29 is 9.53 Å². The molecule has 0 unspecified atom stereocenters. The van der Waals surface area contributed by atoms with Crippen LogP contribution in [0.5, 0.6) is 0 Å². The van der Waals surface area contributed by atoms with E-state index in [0.717, 1.165) is 21.9 Å². The minimum Gasteiger partial charge on any atom is -0.382 e. The molecule has 0 bridgehead atoms. The fourth-order valence-electron chi connectivity index (χ4n) is 3.12. The highest BCUT2D eigenvalue weighted by Crippen LogP contribution is 2.25. The molecule has 1 aliphatic rings. The Morgan fingerprint density at radius 3 is 2.61 bits per heavy atom. The highest BCUT2D eigenvalue weighted by atomic mass is 16.5. The largest absolute Gasteiger partial charge is 0.382 e. The molecule has 0 saturated carbocycles. The first kappa shape index (κ1) is 17.8. The Hall–Kier alpha value is -3.58. The minimum atomic E-state index is -0.246. The summed E-state index contributed by atoms with van der Waals surface area (Å²) in [5.41, 5.74) is 2.67. The molecule has 2 aromatic carbocycles. The number of carbonyl (C=O) groups is 1. The molecule has 0 aliphatic carbocycles. The number of ether oxygens (including phenoxy) is 1. The van der Waals surface area contributed by atoms with Crippen LogP contribution in [0.2, 0.25) is 0 Å². The minimum absolute atomic E-state index is 0.118. The maximum atomic E-state index is 11.7. The van der Waals surface area contributed by atoms with Gasteiger partial charge in [0.15, 0.2) is 5.82 Å². The maximum absolute atomic E-state index is 11.7. The molecule has 2 heterocycles. The zero-order valence-electron chi connectivity index (χ0n) is 15.3. The van der Waals surface area contributed by atoms with E-state index in [0.29, 0.717) is 18.1 Å². The summed E-state index contributed by atoms with van der Waals surface area (Å²) < 4.78 is 5.42. The molecule has 1 amide bonds. The second kappa shape index (κ2) is 7.98. The van der Waals surface area contributed by atoms with Crippen molar-refractivity contribution in [1.29, 1.82) is 0 Å². The van der Waals surface area contributed by atoms with Gasteiger partial charge in [0, 0.05) is 23.4 Å². The lowest BCUT2D eigenvalue weighted by Crippen LogP contribution is -2.27. The normalized spacial score (nSPS) is 16.1. The van der Waals surface area contributed by atoms with Gasteiger partial charge in [-0.05, 0) is 11.6 Å². The van der Waals surface area contributed by atoms with Crippen molar-refractivity contribution in [3.8, 4) is 0 Å². The lowest BCUT2D eigenvalue weighted by Gasteiger charge is -2.23. The van der Waals surface area contributed by atoms with E-state index in [-0.39, 0.29) is 11.9 Å². The number of benzene rings is 2. The van der Waals surface area contributed by atoms with Gasteiger partial charge in [-0.1, -0.05) is 42.5 Å². The number of carbonyl (C=O) groups excluding carboxylic acids is 1. The van der Waals surface area contributed by atoms with Crippen LogP contribution < -0.4 is 10.6 Å². The smallest absolute Gasteiger partial charge is 0.268 e. The monoisotopic (exact) mass is 373 g/mol. The van der Waals surface area contributed by atoms with Crippen molar-refractivity contribution >= 4 is 28.6 Å². The lowest BCUT2D eigenvalue weighted by atomic mass is 10.0. The third-order valence-corrected chi connectivity index (χ3v) is 4.48. The summed E-state index contributed by atoms with van der Waals surface area (Å²) in [5, 5.41) is 16.1. The molecule has 1 atom stereocenters. The van der Waals surface area contributed by atoms with Crippen molar-refractivity contribution in [2.45, 2.75) is 6.04 Å². The molecule has 1 aliphatic heterocycles. The van der Waals surface area contributed by atoms with Gasteiger partial charge < -0.3 is 15.4 Å². The predicted octanol–water partition coefficient (Wildman–Crippen LogP) is 2.43. The first-order valence-electron chi connectivity index (χ1n) is 8.85. The van der Waals surface area contributed by atoms with Crippen molar-refractivity contribution in [1.82, 2.24) is 20.8 Å². The highest BCUT2D eigenvalue weighted by molar-refractivity contribution is 6.29. The first-order chi connectivity index (χ1) is 13.7. The predicted molar refractivity (Wildman–Crippen MR) is 107 cm³/mol. The van der Waals surface area contributed by atoms with Gasteiger partial charge in [0.1, 0.15) is 0 Å². The SMILES string of the molecule is COC[C@H](NC(=C1N=CC(=O)N1)c1ccc2cnncc2c1)c1ccccc1. The van der Waals surface area contributed by atoms with E-state index in [9.17, 15) is 4.79 Å². The summed E-state index contributed by atoms with van der Waals surface area (Å²) in [6, 6.07) is 15.8. The Morgan fingerprint density at radius 2 is 1.89 bits per heavy atom. The van der Waals surface area contributed by atoms with Gasteiger partial charge >= 0.3 is 0 Å². The van der Waals surface area contributed by atoms with Gasteiger partial charge in [-0.15, -0.1) is 0 Å². The molecule has 0 saturated heterocycles. The molecular weight excluding hydrogens is 354 g/mol. The molecule has 140 valence electrons. The standard InChI is InChI=1S/C21H19N5O2/c1-28-13-18(14-5-3-2-4-6-14)25-20(21-22-12-19(27)26-21)15-7-8-16-10-23-24-11-17(16)9-15/h2-12,18,25H,13H2,1H3,(H,26,27)/t18-/m0/s1. The van der Waals surface area contributed by atoms with Crippen molar-refractivity contribution in [2.24, 2.45) is 4.99 Å². The zero-order valence-corrected chi connectivity index (χ0v) is 15.3. The third kappa shape index (κ3) is 3.74. The Labute approximate surface area is 162 Å². The summed E-state index contributed by atoms with van der Waals surface area (Å²) >= 11 is 0. The number of fused-ring (bicyclic) bond motifs is 1. The van der Waals surface area contributed by atoms with Crippen molar-refractivity contribution in [2.75, 3.05) is 13.7 Å². The molecule has 0 radical (unpaired) electrons. The van der Waals surface area contributed by atoms with Crippen LogP contribution in [0.25, 0.3) is 16.5 Å².